The lowest BCUT2D eigenvalue weighted by atomic mass is 10.00. The molecule has 1 atom stereocenters. The first-order valence-corrected chi connectivity index (χ1v) is 11.7. The highest BCUT2D eigenvalue weighted by molar-refractivity contribution is 8.00. The molecule has 0 aliphatic carbocycles. The fraction of sp³-hybridized carbons (Fsp3) is 0.185. The highest BCUT2D eigenvalue weighted by Gasteiger charge is 2.35. The molecule has 162 valence electrons. The molecule has 0 spiro atoms. The average molecular weight is 443 g/mol. The molecule has 1 aliphatic heterocycles. The van der Waals surface area contributed by atoms with Crippen molar-refractivity contribution in [3.63, 3.8) is 0 Å². The van der Waals surface area contributed by atoms with Gasteiger partial charge in [-0.3, -0.25) is 14.5 Å². The Morgan fingerprint density at radius 3 is 2.41 bits per heavy atom. The van der Waals surface area contributed by atoms with Crippen molar-refractivity contribution in [1.82, 2.24) is 0 Å². The molecule has 0 aromatic heterocycles. The van der Waals surface area contributed by atoms with Gasteiger partial charge in [-0.1, -0.05) is 74.5 Å². The normalized spacial score (nSPS) is 16.2. The van der Waals surface area contributed by atoms with Crippen LogP contribution >= 0.6 is 11.8 Å². The Morgan fingerprint density at radius 2 is 1.69 bits per heavy atom. The first kappa shape index (κ1) is 21.9. The summed E-state index contributed by atoms with van der Waals surface area (Å²) < 4.78 is 0. The van der Waals surface area contributed by atoms with Crippen LogP contribution in [0.3, 0.4) is 0 Å². The van der Waals surface area contributed by atoms with Crippen molar-refractivity contribution < 1.29 is 9.59 Å². The molecule has 4 nitrogen and oxygen atoms in total. The first-order chi connectivity index (χ1) is 15.5. The van der Waals surface area contributed by atoms with E-state index in [1.807, 2.05) is 77.7 Å². The van der Waals surface area contributed by atoms with Crippen LogP contribution in [0.25, 0.3) is 6.08 Å². The number of para-hydroxylation sites is 1. The molecule has 3 aromatic rings. The van der Waals surface area contributed by atoms with Crippen LogP contribution in [0.4, 0.5) is 11.4 Å². The van der Waals surface area contributed by atoms with E-state index in [0.717, 1.165) is 22.5 Å². The Balaban J connectivity index is 1.49. The smallest absolute Gasteiger partial charge is 0.248 e. The highest BCUT2D eigenvalue weighted by Crippen LogP contribution is 2.44. The van der Waals surface area contributed by atoms with Crippen molar-refractivity contribution in [1.29, 1.82) is 0 Å². The van der Waals surface area contributed by atoms with Gasteiger partial charge in [-0.25, -0.2) is 0 Å². The number of nitrogens with one attached hydrogen (secondary N) is 1. The second-order valence-corrected chi connectivity index (χ2v) is 9.06. The van der Waals surface area contributed by atoms with E-state index in [0.29, 0.717) is 11.7 Å². The fourth-order valence-corrected chi connectivity index (χ4v) is 4.95. The zero-order chi connectivity index (χ0) is 22.5. The second kappa shape index (κ2) is 9.88. The van der Waals surface area contributed by atoms with Gasteiger partial charge in [0.2, 0.25) is 11.8 Å². The van der Waals surface area contributed by atoms with Gasteiger partial charge in [-0.15, -0.1) is 11.8 Å². The van der Waals surface area contributed by atoms with Crippen molar-refractivity contribution in [2.45, 2.75) is 25.1 Å². The van der Waals surface area contributed by atoms with Gasteiger partial charge in [0.1, 0.15) is 5.37 Å². The predicted molar refractivity (Wildman–Crippen MR) is 134 cm³/mol. The molecule has 1 N–H and O–H groups in total. The third-order valence-electron chi connectivity index (χ3n) is 5.38. The summed E-state index contributed by atoms with van der Waals surface area (Å²) >= 11 is 1.63. The van der Waals surface area contributed by atoms with Gasteiger partial charge in [-0.2, -0.15) is 0 Å². The van der Waals surface area contributed by atoms with E-state index in [9.17, 15) is 9.59 Å². The summed E-state index contributed by atoms with van der Waals surface area (Å²) in [5, 5.41) is 2.81. The predicted octanol–water partition coefficient (Wildman–Crippen LogP) is 6.24. The SMILES string of the molecule is CC(C)c1ccccc1N1C(=O)CSC1c1ccc(NC(=O)/C=C/c2ccccc2)cc1. The van der Waals surface area contributed by atoms with Crippen LogP contribution in [0.1, 0.15) is 41.8 Å². The lowest BCUT2D eigenvalue weighted by Crippen LogP contribution is -2.29. The average Bonchev–Trinajstić information content (AvgIpc) is 3.20. The van der Waals surface area contributed by atoms with Gasteiger partial charge in [0.25, 0.3) is 0 Å². The third kappa shape index (κ3) is 4.94. The standard InChI is InChI=1S/C27H26N2O2S/c1-19(2)23-10-6-7-11-24(23)29-26(31)18-32-27(29)21-13-15-22(16-14-21)28-25(30)17-12-20-8-4-3-5-9-20/h3-17,19,27H,18H2,1-2H3,(H,28,30)/b17-12+. The Morgan fingerprint density at radius 1 is 1.00 bits per heavy atom. The fourth-order valence-electron chi connectivity index (χ4n) is 3.78. The van der Waals surface area contributed by atoms with Crippen LogP contribution in [-0.4, -0.2) is 17.6 Å². The van der Waals surface area contributed by atoms with Crippen LogP contribution < -0.4 is 10.2 Å². The number of rotatable bonds is 6. The second-order valence-electron chi connectivity index (χ2n) is 8.00. The molecule has 3 aromatic carbocycles. The minimum atomic E-state index is -0.181. The van der Waals surface area contributed by atoms with Gasteiger partial charge < -0.3 is 5.32 Å². The largest absolute Gasteiger partial charge is 0.323 e. The first-order valence-electron chi connectivity index (χ1n) is 10.7. The highest BCUT2D eigenvalue weighted by atomic mass is 32.2. The van der Waals surface area contributed by atoms with Crippen molar-refractivity contribution in [3.8, 4) is 0 Å². The van der Waals surface area contributed by atoms with Gasteiger partial charge >= 0.3 is 0 Å². The van der Waals surface area contributed by atoms with Gasteiger partial charge in [-0.05, 0) is 46.9 Å². The molecule has 4 rings (SSSR count). The zero-order valence-corrected chi connectivity index (χ0v) is 19.0. The van der Waals surface area contributed by atoms with Gasteiger partial charge in [0, 0.05) is 17.5 Å². The lowest BCUT2D eigenvalue weighted by molar-refractivity contribution is -0.116. The molecule has 1 aliphatic rings. The monoisotopic (exact) mass is 442 g/mol. The number of thioether (sulfide) groups is 1. The number of hydrogen-bond acceptors (Lipinski definition) is 3. The molecule has 0 bridgehead atoms. The van der Waals surface area contributed by atoms with Crippen molar-refractivity contribution >= 4 is 41.0 Å². The Kier molecular flexibility index (Phi) is 6.76. The summed E-state index contributed by atoms with van der Waals surface area (Å²) in [4.78, 5) is 26.9. The summed E-state index contributed by atoms with van der Waals surface area (Å²) in [5.41, 5.74) is 4.88. The maximum absolute atomic E-state index is 12.8. The Bertz CT molecular complexity index is 1120. The molecule has 2 amide bonds. The maximum atomic E-state index is 12.8. The molecule has 5 heteroatoms. The van der Waals surface area contributed by atoms with E-state index >= 15 is 0 Å². The summed E-state index contributed by atoms with van der Waals surface area (Å²) in [5.74, 6) is 0.725. The van der Waals surface area contributed by atoms with E-state index in [-0.39, 0.29) is 17.2 Å². The van der Waals surface area contributed by atoms with Crippen LogP contribution in [0.5, 0.6) is 0 Å². The maximum Gasteiger partial charge on any atom is 0.248 e. The Hall–Kier alpha value is -3.31. The van der Waals surface area contributed by atoms with E-state index < -0.39 is 0 Å². The van der Waals surface area contributed by atoms with E-state index in [4.69, 9.17) is 0 Å². The zero-order valence-electron chi connectivity index (χ0n) is 18.2. The number of nitrogens with zero attached hydrogens (tertiary/aromatic N) is 1. The van der Waals surface area contributed by atoms with E-state index in [2.05, 4.69) is 25.2 Å². The molecular weight excluding hydrogens is 416 g/mol. The van der Waals surface area contributed by atoms with Crippen molar-refractivity contribution in [3.05, 3.63) is 102 Å². The summed E-state index contributed by atoms with van der Waals surface area (Å²) in [6.45, 7) is 4.29. The third-order valence-corrected chi connectivity index (χ3v) is 6.59. The molecule has 1 heterocycles. The number of amides is 2. The molecule has 1 unspecified atom stereocenters. The van der Waals surface area contributed by atoms with Crippen molar-refractivity contribution in [2.75, 3.05) is 16.0 Å². The van der Waals surface area contributed by atoms with E-state index in [1.165, 1.54) is 11.6 Å². The number of carbonyl (C=O) groups excluding carboxylic acids is 2. The number of hydrogen-bond donors (Lipinski definition) is 1. The molecule has 32 heavy (non-hydrogen) atoms. The van der Waals surface area contributed by atoms with Crippen LogP contribution in [-0.2, 0) is 9.59 Å². The number of benzene rings is 3. The van der Waals surface area contributed by atoms with Gasteiger partial charge in [0.15, 0.2) is 0 Å². The summed E-state index contributed by atoms with van der Waals surface area (Å²) in [7, 11) is 0. The quantitative estimate of drug-likeness (QED) is 0.460. The number of carbonyl (C=O) groups is 2. The van der Waals surface area contributed by atoms with Gasteiger partial charge in [0.05, 0.1) is 5.75 Å². The summed E-state index contributed by atoms with van der Waals surface area (Å²) in [6.07, 6.45) is 3.31. The van der Waals surface area contributed by atoms with Crippen LogP contribution in [0.15, 0.2) is 84.9 Å². The minimum absolute atomic E-state index is 0.0786. The molecule has 0 radical (unpaired) electrons. The molecule has 1 saturated heterocycles. The molecule has 0 saturated carbocycles. The topological polar surface area (TPSA) is 49.4 Å². The minimum Gasteiger partial charge on any atom is -0.323 e. The van der Waals surface area contributed by atoms with Crippen LogP contribution in [0.2, 0.25) is 0 Å². The van der Waals surface area contributed by atoms with E-state index in [1.54, 1.807) is 17.8 Å². The Labute approximate surface area is 193 Å². The molecular formula is C27H26N2O2S. The lowest BCUT2D eigenvalue weighted by Gasteiger charge is -2.27. The number of anilines is 2. The molecule has 1 fully saturated rings. The van der Waals surface area contributed by atoms with Crippen molar-refractivity contribution in [2.24, 2.45) is 0 Å². The van der Waals surface area contributed by atoms with Crippen LogP contribution in [0, 0.1) is 0 Å². The summed E-state index contributed by atoms with van der Waals surface area (Å²) in [6, 6.07) is 25.6.